The molecule has 3 N–H and O–H groups in total. The van der Waals surface area contributed by atoms with Gasteiger partial charge in [0.05, 0.1) is 6.42 Å². The number of nitrogens with one attached hydrogen (secondary N) is 2. The number of carboxylic acid groups (broad SMARTS) is 1. The molecule has 0 radical (unpaired) electrons. The third-order valence-corrected chi connectivity index (χ3v) is 7.17. The maximum Gasteiger partial charge on any atom is 0.311 e. The van der Waals surface area contributed by atoms with Gasteiger partial charge in [-0.15, -0.1) is 0 Å². The molecule has 1 aliphatic carbocycles. The first-order valence-corrected chi connectivity index (χ1v) is 13.1. The fourth-order valence-electron chi connectivity index (χ4n) is 4.88. The normalized spacial score (nSPS) is 16.9. The number of ether oxygens (including phenoxy) is 1. The summed E-state index contributed by atoms with van der Waals surface area (Å²) in [7, 11) is 0. The summed E-state index contributed by atoms with van der Waals surface area (Å²) in [5.41, 5.74) is 0. The molecule has 0 spiro atoms. The molecular formula is C26H31F4N3O7. The minimum absolute atomic E-state index is 0.0463. The van der Waals surface area contributed by atoms with E-state index >= 15 is 0 Å². The van der Waals surface area contributed by atoms with E-state index in [2.05, 4.69) is 15.4 Å². The van der Waals surface area contributed by atoms with Crippen LogP contribution in [-0.2, 0) is 24.0 Å². The Morgan fingerprint density at radius 3 is 2.15 bits per heavy atom. The summed E-state index contributed by atoms with van der Waals surface area (Å²) >= 11 is 0. The number of ketones is 1. The van der Waals surface area contributed by atoms with Gasteiger partial charge in [-0.3, -0.25) is 24.0 Å². The first-order chi connectivity index (χ1) is 19.0. The van der Waals surface area contributed by atoms with Crippen molar-refractivity contribution in [2.24, 2.45) is 11.8 Å². The van der Waals surface area contributed by atoms with Gasteiger partial charge in [-0.1, -0.05) is 25.7 Å². The van der Waals surface area contributed by atoms with Gasteiger partial charge in [0.2, 0.25) is 17.5 Å². The minimum atomic E-state index is -1.88. The van der Waals surface area contributed by atoms with Crippen LogP contribution in [0.2, 0.25) is 0 Å². The van der Waals surface area contributed by atoms with Gasteiger partial charge in [0.15, 0.2) is 23.2 Å². The number of piperidine rings is 1. The van der Waals surface area contributed by atoms with Crippen LogP contribution in [0.4, 0.5) is 17.6 Å². The largest absolute Gasteiger partial charge is 0.481 e. The zero-order valence-electron chi connectivity index (χ0n) is 21.7. The van der Waals surface area contributed by atoms with Crippen molar-refractivity contribution < 1.29 is 51.4 Å². The number of halogens is 4. The third kappa shape index (κ3) is 8.15. The van der Waals surface area contributed by atoms with Crippen LogP contribution in [-0.4, -0.2) is 71.8 Å². The van der Waals surface area contributed by atoms with Crippen molar-refractivity contribution in [1.29, 1.82) is 0 Å². The second-order valence-corrected chi connectivity index (χ2v) is 9.97. The van der Waals surface area contributed by atoms with Crippen LogP contribution >= 0.6 is 0 Å². The van der Waals surface area contributed by atoms with E-state index in [0.29, 0.717) is 12.5 Å². The lowest BCUT2D eigenvalue weighted by Gasteiger charge is -2.31. The Bertz CT molecular complexity index is 1110. The average molecular weight is 574 g/mol. The lowest BCUT2D eigenvalue weighted by molar-refractivity contribution is -0.147. The quantitative estimate of drug-likeness (QED) is 0.209. The van der Waals surface area contributed by atoms with Crippen LogP contribution in [0.1, 0.15) is 51.4 Å². The van der Waals surface area contributed by atoms with E-state index in [1.165, 1.54) is 17.7 Å². The van der Waals surface area contributed by atoms with Crippen LogP contribution in [0.5, 0.6) is 5.75 Å². The Kier molecular flexibility index (Phi) is 10.8. The smallest absolute Gasteiger partial charge is 0.311 e. The molecule has 1 heterocycles. The van der Waals surface area contributed by atoms with Gasteiger partial charge in [-0.05, 0) is 25.2 Å². The summed E-state index contributed by atoms with van der Waals surface area (Å²) in [6.07, 6.45) is 4.78. The number of carbonyl (C=O) groups is 5. The number of benzene rings is 1. The number of carbonyl (C=O) groups excluding carboxylic acids is 4. The van der Waals surface area contributed by atoms with Gasteiger partial charge in [0.25, 0.3) is 0 Å². The topological polar surface area (TPSA) is 142 Å². The van der Waals surface area contributed by atoms with Crippen molar-refractivity contribution in [1.82, 2.24) is 15.5 Å². The molecule has 1 aliphatic heterocycles. The summed E-state index contributed by atoms with van der Waals surface area (Å²) < 4.78 is 58.9. The molecule has 14 heteroatoms. The second-order valence-electron chi connectivity index (χ2n) is 9.97. The molecule has 3 amide bonds. The molecule has 0 aromatic heterocycles. The van der Waals surface area contributed by atoms with Gasteiger partial charge in [0.1, 0.15) is 12.6 Å². The lowest BCUT2D eigenvalue weighted by Crippen LogP contribution is -2.51. The maximum atomic E-state index is 13.8. The number of aliphatic carboxylic acids is 1. The summed E-state index contributed by atoms with van der Waals surface area (Å²) in [5.74, 6) is -13.7. The number of amides is 3. The number of hydrogen-bond donors (Lipinski definition) is 3. The molecule has 3 rings (SSSR count). The molecule has 1 atom stereocenters. The molecule has 2 aliphatic rings. The standard InChI is InChI=1S/C26H31F4N3O7/c27-16-11-17(28)22(30)23(21(16)29)40-13-19(34)18(12-20(35)36)32-24(37)15-6-9-33(10-7-15)26(39)25(38)31-8-5-14-3-1-2-4-14/h11,14-15,18H,1-10,12-13H2,(H,31,38)(H,32,37)(H,35,36). The van der Waals surface area contributed by atoms with Crippen molar-refractivity contribution >= 4 is 29.5 Å². The van der Waals surface area contributed by atoms with E-state index in [1.54, 1.807) is 0 Å². The molecule has 1 aromatic rings. The molecule has 2 fully saturated rings. The van der Waals surface area contributed by atoms with Crippen molar-refractivity contribution in [2.75, 3.05) is 26.2 Å². The summed E-state index contributed by atoms with van der Waals surface area (Å²) in [5, 5.41) is 14.0. The number of carboxylic acids is 1. The Morgan fingerprint density at radius 1 is 0.975 bits per heavy atom. The predicted octanol–water partition coefficient (Wildman–Crippen LogP) is 2.09. The van der Waals surface area contributed by atoms with Gasteiger partial charge in [-0.25, -0.2) is 8.78 Å². The van der Waals surface area contributed by atoms with Gasteiger partial charge in [-0.2, -0.15) is 8.78 Å². The van der Waals surface area contributed by atoms with E-state index in [4.69, 9.17) is 5.11 Å². The summed E-state index contributed by atoms with van der Waals surface area (Å²) in [6.45, 7) is -0.614. The SMILES string of the molecule is O=C(O)CC(NC(=O)C1CCN(C(=O)C(=O)NCCC2CCCC2)CC1)C(=O)COc1c(F)c(F)cc(F)c1F. The molecular weight excluding hydrogens is 542 g/mol. The number of Topliss-reactive ketones (excluding diaryl/α,β-unsaturated/α-hetero) is 1. The molecule has 1 saturated heterocycles. The Morgan fingerprint density at radius 2 is 1.57 bits per heavy atom. The van der Waals surface area contributed by atoms with Crippen molar-refractivity contribution in [3.05, 3.63) is 29.3 Å². The fraction of sp³-hybridized carbons (Fsp3) is 0.577. The number of likely N-dealkylation sites (tertiary alicyclic amines) is 1. The second kappa shape index (κ2) is 14.1. The van der Waals surface area contributed by atoms with Gasteiger partial charge < -0.3 is 25.4 Å². The maximum absolute atomic E-state index is 13.8. The Balaban J connectivity index is 1.49. The zero-order valence-corrected chi connectivity index (χ0v) is 21.7. The Hall–Kier alpha value is -3.71. The highest BCUT2D eigenvalue weighted by Crippen LogP contribution is 2.27. The van der Waals surface area contributed by atoms with Crippen molar-refractivity contribution in [3.8, 4) is 5.75 Å². The Labute approximate surface area is 227 Å². The molecule has 220 valence electrons. The summed E-state index contributed by atoms with van der Waals surface area (Å²) in [6, 6.07) is -1.71. The van der Waals surface area contributed by atoms with Crippen LogP contribution in [0.15, 0.2) is 6.07 Å². The average Bonchev–Trinajstić information content (AvgIpc) is 3.44. The minimum Gasteiger partial charge on any atom is -0.481 e. The number of hydrogen-bond acceptors (Lipinski definition) is 6. The number of nitrogens with zero attached hydrogens (tertiary/aromatic N) is 1. The van der Waals surface area contributed by atoms with Crippen LogP contribution in [0, 0.1) is 35.1 Å². The van der Waals surface area contributed by atoms with E-state index in [-0.39, 0.29) is 32.0 Å². The molecule has 40 heavy (non-hydrogen) atoms. The van der Waals surface area contributed by atoms with E-state index in [0.717, 1.165) is 19.3 Å². The number of rotatable bonds is 11. The fourth-order valence-corrected chi connectivity index (χ4v) is 4.88. The van der Waals surface area contributed by atoms with E-state index in [9.17, 15) is 41.5 Å². The molecule has 1 aromatic carbocycles. The lowest BCUT2D eigenvalue weighted by atomic mass is 9.95. The first kappa shape index (κ1) is 30.8. The molecule has 0 bridgehead atoms. The van der Waals surface area contributed by atoms with Crippen molar-refractivity contribution in [2.45, 2.75) is 57.4 Å². The highest BCUT2D eigenvalue weighted by Gasteiger charge is 2.33. The predicted molar refractivity (Wildman–Crippen MR) is 130 cm³/mol. The first-order valence-electron chi connectivity index (χ1n) is 13.1. The van der Waals surface area contributed by atoms with Crippen LogP contribution in [0.3, 0.4) is 0 Å². The van der Waals surface area contributed by atoms with Gasteiger partial charge in [0, 0.05) is 31.6 Å². The highest BCUT2D eigenvalue weighted by molar-refractivity contribution is 6.35. The van der Waals surface area contributed by atoms with Crippen LogP contribution < -0.4 is 15.4 Å². The molecule has 10 nitrogen and oxygen atoms in total. The third-order valence-electron chi connectivity index (χ3n) is 7.17. The van der Waals surface area contributed by atoms with Crippen LogP contribution in [0.25, 0.3) is 0 Å². The molecule has 1 saturated carbocycles. The monoisotopic (exact) mass is 573 g/mol. The van der Waals surface area contributed by atoms with E-state index in [1.807, 2.05) is 0 Å². The molecule has 1 unspecified atom stereocenters. The van der Waals surface area contributed by atoms with Gasteiger partial charge >= 0.3 is 17.8 Å². The zero-order chi connectivity index (χ0) is 29.4. The summed E-state index contributed by atoms with van der Waals surface area (Å²) in [4.78, 5) is 62.5. The van der Waals surface area contributed by atoms with Crippen molar-refractivity contribution in [3.63, 3.8) is 0 Å². The van der Waals surface area contributed by atoms with E-state index < -0.39 is 83.5 Å². The highest BCUT2D eigenvalue weighted by atomic mass is 19.2.